The third kappa shape index (κ3) is 3.97. The normalized spacial score (nSPS) is 28.2. The molecule has 2 fully saturated rings. The number of carbonyl (C=O) groups is 1. The van der Waals surface area contributed by atoms with E-state index in [2.05, 4.69) is 10.6 Å². The first-order chi connectivity index (χ1) is 14.5. The van der Waals surface area contributed by atoms with Crippen molar-refractivity contribution >= 4 is 34.8 Å². The van der Waals surface area contributed by atoms with Crippen molar-refractivity contribution in [3.63, 3.8) is 0 Å². The van der Waals surface area contributed by atoms with Crippen molar-refractivity contribution in [3.05, 3.63) is 58.6 Å². The van der Waals surface area contributed by atoms with E-state index in [1.807, 2.05) is 0 Å². The van der Waals surface area contributed by atoms with Gasteiger partial charge in [0, 0.05) is 12.1 Å². The number of rotatable bonds is 4. The van der Waals surface area contributed by atoms with E-state index >= 15 is 0 Å². The third-order valence-corrected chi connectivity index (χ3v) is 6.33. The van der Waals surface area contributed by atoms with Crippen molar-refractivity contribution in [2.45, 2.75) is 50.3 Å². The van der Waals surface area contributed by atoms with Gasteiger partial charge in [0.2, 0.25) is 5.91 Å². The highest BCUT2D eigenvalue weighted by Crippen LogP contribution is 2.41. The van der Waals surface area contributed by atoms with Crippen molar-refractivity contribution < 1.29 is 18.7 Å². The number of benzene rings is 2. The SMILES string of the molecule is C[C@@]1(c2cccc(Nc3ccc(F)cc3F)c2Cl)CC(=O)N([C@H]2C[C@@](C)(O)C2)C(=N)N1. The second-order valence-corrected chi connectivity index (χ2v) is 9.10. The molecule has 1 saturated heterocycles. The Kier molecular flexibility index (Phi) is 5.18. The zero-order valence-electron chi connectivity index (χ0n) is 17.1. The monoisotopic (exact) mass is 448 g/mol. The number of guanidine groups is 1. The Morgan fingerprint density at radius 1 is 1.23 bits per heavy atom. The summed E-state index contributed by atoms with van der Waals surface area (Å²) in [5.41, 5.74) is -0.740. The van der Waals surface area contributed by atoms with E-state index in [-0.39, 0.29) is 35.0 Å². The molecule has 0 aromatic heterocycles. The van der Waals surface area contributed by atoms with Crippen molar-refractivity contribution in [2.75, 3.05) is 5.32 Å². The Balaban J connectivity index is 1.59. The summed E-state index contributed by atoms with van der Waals surface area (Å²) in [5, 5.41) is 24.6. The molecule has 1 atom stereocenters. The zero-order valence-corrected chi connectivity index (χ0v) is 17.9. The van der Waals surface area contributed by atoms with Crippen LogP contribution in [0.5, 0.6) is 0 Å². The lowest BCUT2D eigenvalue weighted by Crippen LogP contribution is -2.66. The number of anilines is 2. The van der Waals surface area contributed by atoms with Gasteiger partial charge in [-0.05, 0) is 50.5 Å². The van der Waals surface area contributed by atoms with Crippen molar-refractivity contribution in [3.8, 4) is 0 Å². The molecule has 0 spiro atoms. The Labute approximate surface area is 183 Å². The van der Waals surface area contributed by atoms with Crippen LogP contribution < -0.4 is 10.6 Å². The highest BCUT2D eigenvalue weighted by molar-refractivity contribution is 6.34. The van der Waals surface area contributed by atoms with Gasteiger partial charge in [-0.15, -0.1) is 0 Å². The van der Waals surface area contributed by atoms with Crippen LogP contribution in [0.2, 0.25) is 5.02 Å². The number of carbonyl (C=O) groups excluding carboxylic acids is 1. The molecule has 1 saturated carbocycles. The molecule has 4 rings (SSSR count). The van der Waals surface area contributed by atoms with Gasteiger partial charge in [-0.3, -0.25) is 15.1 Å². The highest BCUT2D eigenvalue weighted by Gasteiger charge is 2.49. The Hall–Kier alpha value is -2.71. The maximum atomic E-state index is 14.1. The molecular formula is C22H23ClF2N4O2. The lowest BCUT2D eigenvalue weighted by molar-refractivity contribution is -0.139. The van der Waals surface area contributed by atoms with E-state index in [1.54, 1.807) is 32.0 Å². The minimum absolute atomic E-state index is 0.0433. The highest BCUT2D eigenvalue weighted by atomic mass is 35.5. The third-order valence-electron chi connectivity index (χ3n) is 5.92. The first-order valence-corrected chi connectivity index (χ1v) is 10.3. The van der Waals surface area contributed by atoms with Gasteiger partial charge in [0.05, 0.1) is 34.0 Å². The molecule has 4 N–H and O–H groups in total. The standard InChI is InChI=1S/C22H23ClF2N4O2/c1-21(31)9-13(10-21)29-18(30)11-22(2,28-20(29)26)14-4-3-5-17(19(14)23)27-16-7-6-12(24)8-15(16)25/h3-8,13,27,31H,9-11H2,1-2H3,(H2,26,28)/t13-,21+,22-/m0/s1. The first kappa shape index (κ1) is 21.5. The van der Waals surface area contributed by atoms with Crippen LogP contribution in [0.25, 0.3) is 0 Å². The minimum Gasteiger partial charge on any atom is -0.390 e. The van der Waals surface area contributed by atoms with Crippen LogP contribution in [-0.4, -0.2) is 33.5 Å². The predicted molar refractivity (Wildman–Crippen MR) is 114 cm³/mol. The summed E-state index contributed by atoms with van der Waals surface area (Å²) in [6.07, 6.45) is 0.897. The van der Waals surface area contributed by atoms with Crippen molar-refractivity contribution in [1.29, 1.82) is 5.41 Å². The molecule has 1 aliphatic heterocycles. The summed E-state index contributed by atoms with van der Waals surface area (Å²) in [6.45, 7) is 3.48. The molecule has 1 aliphatic carbocycles. The van der Waals surface area contributed by atoms with Crippen LogP contribution in [0.3, 0.4) is 0 Å². The van der Waals surface area contributed by atoms with Crippen LogP contribution in [0.15, 0.2) is 36.4 Å². The van der Waals surface area contributed by atoms with Crippen LogP contribution in [0, 0.1) is 17.0 Å². The lowest BCUT2D eigenvalue weighted by Gasteiger charge is -2.50. The molecule has 1 amide bonds. The number of nitrogens with one attached hydrogen (secondary N) is 3. The number of halogens is 3. The maximum Gasteiger partial charge on any atom is 0.232 e. The van der Waals surface area contributed by atoms with Crippen LogP contribution in [0.1, 0.15) is 38.7 Å². The molecular weight excluding hydrogens is 426 g/mol. The van der Waals surface area contributed by atoms with Gasteiger partial charge in [-0.2, -0.15) is 0 Å². The van der Waals surface area contributed by atoms with Gasteiger partial charge in [-0.25, -0.2) is 8.78 Å². The van der Waals surface area contributed by atoms with E-state index in [4.69, 9.17) is 17.0 Å². The van der Waals surface area contributed by atoms with Gasteiger partial charge in [0.15, 0.2) is 5.96 Å². The summed E-state index contributed by atoms with van der Waals surface area (Å²) in [4.78, 5) is 14.3. The molecule has 2 aliphatic rings. The topological polar surface area (TPSA) is 88.5 Å². The zero-order chi connectivity index (χ0) is 22.6. The Morgan fingerprint density at radius 3 is 2.55 bits per heavy atom. The van der Waals surface area contributed by atoms with E-state index in [1.165, 1.54) is 11.0 Å². The van der Waals surface area contributed by atoms with Crippen LogP contribution >= 0.6 is 11.6 Å². The first-order valence-electron chi connectivity index (χ1n) is 9.91. The van der Waals surface area contributed by atoms with Crippen LogP contribution in [-0.2, 0) is 10.3 Å². The number of aliphatic hydroxyl groups is 1. The Bertz CT molecular complexity index is 1050. The smallest absolute Gasteiger partial charge is 0.232 e. The quantitative estimate of drug-likeness (QED) is 0.563. The average Bonchev–Trinajstić information content (AvgIpc) is 2.63. The molecule has 1 heterocycles. The van der Waals surface area contributed by atoms with E-state index in [0.29, 0.717) is 24.1 Å². The molecule has 31 heavy (non-hydrogen) atoms. The molecule has 6 nitrogen and oxygen atoms in total. The molecule has 2 aromatic rings. The lowest BCUT2D eigenvalue weighted by atomic mass is 9.75. The minimum atomic E-state index is -0.951. The number of nitrogens with zero attached hydrogens (tertiary/aromatic N) is 1. The number of hydrogen-bond acceptors (Lipinski definition) is 4. The van der Waals surface area contributed by atoms with E-state index in [9.17, 15) is 18.7 Å². The van der Waals surface area contributed by atoms with Gasteiger partial charge in [-0.1, -0.05) is 23.7 Å². The fourth-order valence-corrected chi connectivity index (χ4v) is 4.74. The second-order valence-electron chi connectivity index (χ2n) is 8.72. The fourth-order valence-electron chi connectivity index (χ4n) is 4.36. The average molecular weight is 449 g/mol. The van der Waals surface area contributed by atoms with E-state index in [0.717, 1.165) is 12.1 Å². The van der Waals surface area contributed by atoms with Crippen molar-refractivity contribution in [1.82, 2.24) is 10.2 Å². The molecule has 0 unspecified atom stereocenters. The predicted octanol–water partition coefficient (Wildman–Crippen LogP) is 4.25. The van der Waals surface area contributed by atoms with Gasteiger partial charge in [0.25, 0.3) is 0 Å². The van der Waals surface area contributed by atoms with Crippen LogP contribution in [0.4, 0.5) is 20.2 Å². The summed E-state index contributed by atoms with van der Waals surface area (Å²) >= 11 is 6.61. The largest absolute Gasteiger partial charge is 0.390 e. The van der Waals surface area contributed by atoms with Gasteiger partial charge >= 0.3 is 0 Å². The van der Waals surface area contributed by atoms with Gasteiger partial charge < -0.3 is 15.7 Å². The number of hydrogen-bond donors (Lipinski definition) is 4. The maximum absolute atomic E-state index is 14.1. The summed E-state index contributed by atoms with van der Waals surface area (Å²) < 4.78 is 27.2. The summed E-state index contributed by atoms with van der Waals surface area (Å²) in [6, 6.07) is 8.08. The molecule has 0 radical (unpaired) electrons. The van der Waals surface area contributed by atoms with E-state index < -0.39 is 22.8 Å². The van der Waals surface area contributed by atoms with Crippen molar-refractivity contribution in [2.24, 2.45) is 0 Å². The molecule has 164 valence electrons. The fraction of sp³-hybridized carbons (Fsp3) is 0.364. The molecule has 0 bridgehead atoms. The molecule has 9 heteroatoms. The summed E-state index contributed by atoms with van der Waals surface area (Å²) in [5.74, 6) is -1.71. The Morgan fingerprint density at radius 2 is 1.94 bits per heavy atom. The van der Waals surface area contributed by atoms with Gasteiger partial charge in [0.1, 0.15) is 11.6 Å². The molecule has 2 aromatic carbocycles. The second kappa shape index (κ2) is 7.46. The summed E-state index contributed by atoms with van der Waals surface area (Å²) in [7, 11) is 0. The number of amides is 1.